The maximum atomic E-state index is 13.2. The van der Waals surface area contributed by atoms with Gasteiger partial charge in [-0.25, -0.2) is 0 Å². The van der Waals surface area contributed by atoms with Gasteiger partial charge in [-0.15, -0.1) is 0 Å². The van der Waals surface area contributed by atoms with Crippen molar-refractivity contribution in [3.63, 3.8) is 0 Å². The van der Waals surface area contributed by atoms with E-state index in [1.165, 1.54) is 16.8 Å². The minimum Gasteiger partial charge on any atom is -0.497 e. The minimum atomic E-state index is -4.65. The van der Waals surface area contributed by atoms with E-state index in [9.17, 15) is 17.8 Å². The number of hydrogen-bond donors (Lipinski definition) is 2. The van der Waals surface area contributed by atoms with Crippen molar-refractivity contribution in [2.24, 2.45) is 5.73 Å². The number of nitrogens with zero attached hydrogens (tertiary/aromatic N) is 1. The molecular weight excluding hydrogens is 468 g/mol. The molecule has 1 aliphatic rings. The number of rotatable bonds is 6. The third-order valence-electron chi connectivity index (χ3n) is 5.90. The fraction of sp³-hybridized carbons (Fsp3) is 0.348. The summed E-state index contributed by atoms with van der Waals surface area (Å²) in [7, 11) is -3.08. The van der Waals surface area contributed by atoms with Gasteiger partial charge in [0.15, 0.2) is 0 Å². The Kier molecular flexibility index (Phi) is 6.67. The Balaban J connectivity index is 1.76. The molecule has 0 unspecified atom stereocenters. The Labute approximate surface area is 196 Å². The van der Waals surface area contributed by atoms with Gasteiger partial charge in [0.2, 0.25) is 0 Å². The zero-order valence-electron chi connectivity index (χ0n) is 18.0. The zero-order chi connectivity index (χ0) is 23.8. The van der Waals surface area contributed by atoms with Crippen LogP contribution in [-0.2, 0) is 16.7 Å². The molecule has 0 spiro atoms. The van der Waals surface area contributed by atoms with Crippen molar-refractivity contribution in [1.82, 2.24) is 4.57 Å². The van der Waals surface area contributed by atoms with E-state index in [1.807, 2.05) is 12.1 Å². The summed E-state index contributed by atoms with van der Waals surface area (Å²) in [6, 6.07) is 9.84. The molecule has 1 aliphatic carbocycles. The number of methoxy groups -OCH3 is 1. The molecule has 0 radical (unpaired) electrons. The van der Waals surface area contributed by atoms with Gasteiger partial charge in [0.25, 0.3) is 15.7 Å². The second-order valence-electron chi connectivity index (χ2n) is 8.23. The predicted molar refractivity (Wildman–Crippen MR) is 126 cm³/mol. The predicted octanol–water partition coefficient (Wildman–Crippen LogP) is 3.61. The van der Waals surface area contributed by atoms with Crippen LogP contribution in [0.25, 0.3) is 10.8 Å². The maximum absolute atomic E-state index is 13.2. The van der Waals surface area contributed by atoms with Crippen LogP contribution in [0.3, 0.4) is 0 Å². The first kappa shape index (κ1) is 23.6. The van der Waals surface area contributed by atoms with Gasteiger partial charge in [-0.05, 0) is 55.5 Å². The van der Waals surface area contributed by atoms with Crippen molar-refractivity contribution in [3.05, 3.63) is 63.5 Å². The zero-order valence-corrected chi connectivity index (χ0v) is 19.6. The highest BCUT2D eigenvalue weighted by atomic mass is 35.5. The summed E-state index contributed by atoms with van der Waals surface area (Å²) in [5.41, 5.74) is 6.32. The van der Waals surface area contributed by atoms with Crippen molar-refractivity contribution in [2.45, 2.75) is 49.3 Å². The summed E-state index contributed by atoms with van der Waals surface area (Å²) < 4.78 is 46.6. The largest absolute Gasteiger partial charge is 0.497 e. The molecule has 3 aromatic rings. The molecule has 10 heteroatoms. The van der Waals surface area contributed by atoms with Gasteiger partial charge in [-0.1, -0.05) is 23.7 Å². The third kappa shape index (κ3) is 5.16. The molecular formula is C23H25ClN2O6S. The molecule has 0 amide bonds. The number of fused-ring (bicyclic) bond motifs is 1. The highest BCUT2D eigenvalue weighted by Crippen LogP contribution is 2.34. The van der Waals surface area contributed by atoms with Gasteiger partial charge in [0, 0.05) is 17.6 Å². The second-order valence-corrected chi connectivity index (χ2v) is 10.0. The molecule has 0 bridgehead atoms. The van der Waals surface area contributed by atoms with Crippen LogP contribution in [0, 0.1) is 0 Å². The van der Waals surface area contributed by atoms with E-state index in [0.717, 1.165) is 24.5 Å². The van der Waals surface area contributed by atoms with Crippen LogP contribution in [0.2, 0.25) is 5.02 Å². The molecule has 0 atom stereocenters. The molecule has 8 nitrogen and oxygen atoms in total. The van der Waals surface area contributed by atoms with Crippen LogP contribution in [0.15, 0.2) is 52.3 Å². The molecule has 1 fully saturated rings. The average Bonchev–Trinajstić information content (AvgIpc) is 2.78. The third-order valence-corrected chi connectivity index (χ3v) is 7.08. The van der Waals surface area contributed by atoms with Gasteiger partial charge in [0.05, 0.1) is 30.2 Å². The van der Waals surface area contributed by atoms with Crippen molar-refractivity contribution in [1.29, 1.82) is 0 Å². The van der Waals surface area contributed by atoms with Crippen LogP contribution in [0.5, 0.6) is 11.5 Å². The van der Waals surface area contributed by atoms with E-state index in [1.54, 1.807) is 19.2 Å². The molecule has 3 N–H and O–H groups in total. The number of benzene rings is 2. The van der Waals surface area contributed by atoms with E-state index in [4.69, 9.17) is 26.8 Å². The standard InChI is InChI=1S/C23H25ClN2O6S/c1-31-16-6-2-14(3-7-16)12-26-13-20(24)18-10-21(32-17-8-4-15(25)5-9-17)22(33(28,29)30)11-19(18)23(26)27/h2-3,6-7,10-11,13,15,17H,4-5,8-9,12,25H2,1H3,(H,28,29,30). The van der Waals surface area contributed by atoms with Crippen molar-refractivity contribution >= 4 is 32.5 Å². The smallest absolute Gasteiger partial charge is 0.298 e. The molecule has 1 saturated carbocycles. The fourth-order valence-corrected chi connectivity index (χ4v) is 4.98. The topological polar surface area (TPSA) is 121 Å². The fourth-order valence-electron chi connectivity index (χ4n) is 4.08. The molecule has 1 aromatic heterocycles. The molecule has 176 valence electrons. The molecule has 4 rings (SSSR count). The Morgan fingerprint density at radius 2 is 1.79 bits per heavy atom. The number of ether oxygens (including phenoxy) is 2. The van der Waals surface area contributed by atoms with Gasteiger partial charge >= 0.3 is 0 Å². The average molecular weight is 493 g/mol. The summed E-state index contributed by atoms with van der Waals surface area (Å²) >= 11 is 6.48. The quantitative estimate of drug-likeness (QED) is 0.504. The Morgan fingerprint density at radius 1 is 1.12 bits per heavy atom. The molecule has 0 saturated heterocycles. The van der Waals surface area contributed by atoms with E-state index in [0.29, 0.717) is 24.0 Å². The molecule has 1 heterocycles. The van der Waals surface area contributed by atoms with Crippen LogP contribution in [0.1, 0.15) is 31.2 Å². The van der Waals surface area contributed by atoms with E-state index in [2.05, 4.69) is 0 Å². The number of hydrogen-bond acceptors (Lipinski definition) is 6. The lowest BCUT2D eigenvalue weighted by molar-refractivity contribution is 0.143. The lowest BCUT2D eigenvalue weighted by Gasteiger charge is -2.27. The number of pyridine rings is 1. The summed E-state index contributed by atoms with van der Waals surface area (Å²) in [5, 5.41) is 0.680. The Bertz CT molecular complexity index is 1330. The van der Waals surface area contributed by atoms with Crippen molar-refractivity contribution in [2.75, 3.05) is 7.11 Å². The maximum Gasteiger partial charge on any atom is 0.298 e. The van der Waals surface area contributed by atoms with E-state index >= 15 is 0 Å². The number of aromatic nitrogens is 1. The normalized spacial score (nSPS) is 18.9. The van der Waals surface area contributed by atoms with Crippen molar-refractivity contribution in [3.8, 4) is 11.5 Å². The van der Waals surface area contributed by atoms with Gasteiger partial charge < -0.3 is 19.8 Å². The number of nitrogens with two attached hydrogens (primary N) is 1. The summed E-state index contributed by atoms with van der Waals surface area (Å²) in [6.07, 6.45) is 4.12. The van der Waals surface area contributed by atoms with Crippen LogP contribution in [-0.4, -0.2) is 36.8 Å². The Morgan fingerprint density at radius 3 is 2.39 bits per heavy atom. The van der Waals surface area contributed by atoms with Gasteiger partial charge in [-0.3, -0.25) is 9.35 Å². The van der Waals surface area contributed by atoms with E-state index < -0.39 is 20.6 Å². The van der Waals surface area contributed by atoms with Gasteiger partial charge in [0.1, 0.15) is 16.4 Å². The highest BCUT2D eigenvalue weighted by molar-refractivity contribution is 7.86. The summed E-state index contributed by atoms with van der Waals surface area (Å²) in [6.45, 7) is 0.222. The van der Waals surface area contributed by atoms with Crippen LogP contribution >= 0.6 is 11.6 Å². The Hall–Kier alpha value is -2.59. The summed E-state index contributed by atoms with van der Waals surface area (Å²) in [4.78, 5) is 12.7. The van der Waals surface area contributed by atoms with E-state index in [-0.39, 0.29) is 34.8 Å². The number of halogens is 1. The first-order valence-corrected chi connectivity index (χ1v) is 12.4. The molecule has 2 aromatic carbocycles. The van der Waals surface area contributed by atoms with Crippen LogP contribution < -0.4 is 20.8 Å². The summed E-state index contributed by atoms with van der Waals surface area (Å²) in [5.74, 6) is 0.660. The first-order chi connectivity index (χ1) is 15.7. The monoisotopic (exact) mass is 492 g/mol. The first-order valence-electron chi connectivity index (χ1n) is 10.5. The lowest BCUT2D eigenvalue weighted by Crippen LogP contribution is -2.32. The minimum absolute atomic E-state index is 0.0281. The highest BCUT2D eigenvalue weighted by Gasteiger charge is 2.25. The second kappa shape index (κ2) is 9.34. The SMILES string of the molecule is COc1ccc(Cn2cc(Cl)c3cc(OC4CCC(N)CC4)c(S(=O)(=O)O)cc3c2=O)cc1. The lowest BCUT2D eigenvalue weighted by atomic mass is 9.94. The molecule has 33 heavy (non-hydrogen) atoms. The van der Waals surface area contributed by atoms with Gasteiger partial charge in [-0.2, -0.15) is 8.42 Å². The van der Waals surface area contributed by atoms with Crippen LogP contribution in [0.4, 0.5) is 0 Å². The van der Waals surface area contributed by atoms with Crippen molar-refractivity contribution < 1.29 is 22.4 Å². The molecule has 0 aliphatic heterocycles.